The largest absolute Gasteiger partial charge is 0.342 e. The second kappa shape index (κ2) is 4.83. The topological polar surface area (TPSA) is 31.9 Å². The number of hydrogen-bond donors (Lipinski definition) is 1. The Labute approximate surface area is 107 Å². The highest BCUT2D eigenvalue weighted by Gasteiger charge is 2.22. The Bertz CT molecular complexity index is 538. The van der Waals surface area contributed by atoms with Crippen LogP contribution >= 0.6 is 0 Å². The van der Waals surface area contributed by atoms with E-state index in [0.29, 0.717) is 5.92 Å². The van der Waals surface area contributed by atoms with Crippen LogP contribution in [0.15, 0.2) is 24.3 Å². The van der Waals surface area contributed by atoms with E-state index < -0.39 is 0 Å². The third-order valence-electron chi connectivity index (χ3n) is 3.70. The Morgan fingerprint density at radius 1 is 1.33 bits per heavy atom. The molecular formula is C15H17N3. The standard InChI is InChI=1S/C15H17N3/c1-2-9-18-10-7-12(8-11-18)15-16-13-5-3-4-6-14(13)17-15/h1,3-6,12H,7-11H2,(H,16,17). The highest BCUT2D eigenvalue weighted by Crippen LogP contribution is 2.27. The molecule has 1 aromatic carbocycles. The molecule has 1 N–H and O–H groups in total. The second-order valence-corrected chi connectivity index (χ2v) is 4.89. The molecular weight excluding hydrogens is 222 g/mol. The number of fused-ring (bicyclic) bond motifs is 1. The summed E-state index contributed by atoms with van der Waals surface area (Å²) >= 11 is 0. The van der Waals surface area contributed by atoms with E-state index in [1.807, 2.05) is 12.1 Å². The van der Waals surface area contributed by atoms with Crippen molar-refractivity contribution in [3.8, 4) is 12.3 Å². The molecule has 3 nitrogen and oxygen atoms in total. The third kappa shape index (κ3) is 2.12. The molecule has 1 aromatic heterocycles. The molecule has 2 aromatic rings. The van der Waals surface area contributed by atoms with Gasteiger partial charge in [-0.1, -0.05) is 18.1 Å². The molecule has 3 heteroatoms. The molecule has 0 amide bonds. The molecule has 1 saturated heterocycles. The first-order valence-electron chi connectivity index (χ1n) is 6.47. The van der Waals surface area contributed by atoms with Gasteiger partial charge in [-0.3, -0.25) is 4.90 Å². The number of imidazole rings is 1. The van der Waals surface area contributed by atoms with Crippen LogP contribution in [0, 0.1) is 12.3 Å². The number of para-hydroxylation sites is 2. The van der Waals surface area contributed by atoms with Gasteiger partial charge in [0.1, 0.15) is 5.82 Å². The lowest BCUT2D eigenvalue weighted by Crippen LogP contribution is -2.33. The van der Waals surface area contributed by atoms with Crippen LogP contribution in [0.4, 0.5) is 0 Å². The maximum absolute atomic E-state index is 5.35. The maximum Gasteiger partial charge on any atom is 0.110 e. The Morgan fingerprint density at radius 2 is 2.11 bits per heavy atom. The number of aromatic nitrogens is 2. The lowest BCUT2D eigenvalue weighted by Gasteiger charge is -2.29. The number of rotatable bonds is 2. The number of piperidine rings is 1. The van der Waals surface area contributed by atoms with Gasteiger partial charge in [0.25, 0.3) is 0 Å². The summed E-state index contributed by atoms with van der Waals surface area (Å²) in [4.78, 5) is 10.5. The van der Waals surface area contributed by atoms with Crippen molar-refractivity contribution in [2.75, 3.05) is 19.6 Å². The van der Waals surface area contributed by atoms with Gasteiger partial charge in [0.2, 0.25) is 0 Å². The van der Waals surface area contributed by atoms with Crippen molar-refractivity contribution in [2.45, 2.75) is 18.8 Å². The van der Waals surface area contributed by atoms with Crippen LogP contribution in [0.3, 0.4) is 0 Å². The van der Waals surface area contributed by atoms with Gasteiger partial charge in [-0.05, 0) is 38.1 Å². The van der Waals surface area contributed by atoms with E-state index in [0.717, 1.165) is 49.3 Å². The predicted molar refractivity (Wildman–Crippen MR) is 73.3 cm³/mol. The van der Waals surface area contributed by atoms with E-state index in [9.17, 15) is 0 Å². The van der Waals surface area contributed by atoms with Crippen molar-refractivity contribution in [1.29, 1.82) is 0 Å². The van der Waals surface area contributed by atoms with Gasteiger partial charge in [0, 0.05) is 5.92 Å². The first-order valence-corrected chi connectivity index (χ1v) is 6.47. The fourth-order valence-corrected chi connectivity index (χ4v) is 2.66. The van der Waals surface area contributed by atoms with E-state index in [4.69, 9.17) is 11.4 Å². The zero-order valence-electron chi connectivity index (χ0n) is 10.4. The summed E-state index contributed by atoms with van der Waals surface area (Å²) in [6.45, 7) is 2.92. The lowest BCUT2D eigenvalue weighted by molar-refractivity contribution is 0.232. The van der Waals surface area contributed by atoms with Gasteiger partial charge in [-0.2, -0.15) is 0 Å². The predicted octanol–water partition coefficient (Wildman–Crippen LogP) is 2.38. The van der Waals surface area contributed by atoms with Crippen molar-refractivity contribution in [2.24, 2.45) is 0 Å². The van der Waals surface area contributed by atoms with Crippen molar-refractivity contribution in [3.05, 3.63) is 30.1 Å². The van der Waals surface area contributed by atoms with Gasteiger partial charge >= 0.3 is 0 Å². The Balaban J connectivity index is 1.74. The first-order chi connectivity index (χ1) is 8.86. The van der Waals surface area contributed by atoms with Crippen molar-refractivity contribution < 1.29 is 0 Å². The highest BCUT2D eigenvalue weighted by atomic mass is 15.1. The van der Waals surface area contributed by atoms with Crippen LogP contribution in [0.5, 0.6) is 0 Å². The van der Waals surface area contributed by atoms with Crippen molar-refractivity contribution in [3.63, 3.8) is 0 Å². The molecule has 1 aliphatic rings. The summed E-state index contributed by atoms with van der Waals surface area (Å²) in [5.74, 6) is 4.40. The molecule has 92 valence electrons. The molecule has 0 atom stereocenters. The van der Waals surface area contributed by atoms with Crippen LogP contribution in [-0.2, 0) is 0 Å². The molecule has 0 bridgehead atoms. The van der Waals surface area contributed by atoms with Crippen LogP contribution in [0.25, 0.3) is 11.0 Å². The molecule has 3 rings (SSSR count). The van der Waals surface area contributed by atoms with Gasteiger partial charge in [-0.25, -0.2) is 4.98 Å². The fourth-order valence-electron chi connectivity index (χ4n) is 2.66. The minimum absolute atomic E-state index is 0.548. The average Bonchev–Trinajstić information content (AvgIpc) is 2.84. The number of hydrogen-bond acceptors (Lipinski definition) is 2. The van der Waals surface area contributed by atoms with E-state index >= 15 is 0 Å². The van der Waals surface area contributed by atoms with E-state index in [1.165, 1.54) is 0 Å². The van der Waals surface area contributed by atoms with Gasteiger partial charge < -0.3 is 4.98 Å². The van der Waals surface area contributed by atoms with E-state index in [2.05, 4.69) is 27.9 Å². The molecule has 0 spiro atoms. The Hall–Kier alpha value is -1.79. The molecule has 0 unspecified atom stereocenters. The molecule has 2 heterocycles. The summed E-state index contributed by atoms with van der Waals surface area (Å²) in [7, 11) is 0. The number of terminal acetylenes is 1. The highest BCUT2D eigenvalue weighted by molar-refractivity contribution is 5.74. The number of benzene rings is 1. The van der Waals surface area contributed by atoms with E-state index in [1.54, 1.807) is 0 Å². The van der Waals surface area contributed by atoms with Crippen molar-refractivity contribution >= 4 is 11.0 Å². The zero-order chi connectivity index (χ0) is 12.4. The molecule has 1 fully saturated rings. The van der Waals surface area contributed by atoms with Gasteiger partial charge in [0.15, 0.2) is 0 Å². The third-order valence-corrected chi connectivity index (χ3v) is 3.70. The fraction of sp³-hybridized carbons (Fsp3) is 0.400. The summed E-state index contributed by atoms with van der Waals surface area (Å²) in [5, 5.41) is 0. The monoisotopic (exact) mass is 239 g/mol. The van der Waals surface area contributed by atoms with Gasteiger partial charge in [-0.15, -0.1) is 6.42 Å². The number of aromatic amines is 1. The minimum atomic E-state index is 0.548. The number of nitrogens with zero attached hydrogens (tertiary/aromatic N) is 2. The normalized spacial score (nSPS) is 17.9. The smallest absolute Gasteiger partial charge is 0.110 e. The average molecular weight is 239 g/mol. The molecule has 0 saturated carbocycles. The number of nitrogens with one attached hydrogen (secondary N) is 1. The van der Waals surface area contributed by atoms with E-state index in [-0.39, 0.29) is 0 Å². The van der Waals surface area contributed by atoms with Gasteiger partial charge in [0.05, 0.1) is 17.6 Å². The second-order valence-electron chi connectivity index (χ2n) is 4.89. The quantitative estimate of drug-likeness (QED) is 0.816. The SMILES string of the molecule is C#CCN1CCC(c2nc3ccccc3[nH]2)CC1. The summed E-state index contributed by atoms with van der Waals surface area (Å²) in [6.07, 6.45) is 7.63. The minimum Gasteiger partial charge on any atom is -0.342 e. The molecule has 18 heavy (non-hydrogen) atoms. The lowest BCUT2D eigenvalue weighted by atomic mass is 9.96. The van der Waals surface area contributed by atoms with Crippen molar-refractivity contribution in [1.82, 2.24) is 14.9 Å². The Kier molecular flexibility index (Phi) is 3.04. The van der Waals surface area contributed by atoms with Crippen LogP contribution in [-0.4, -0.2) is 34.5 Å². The number of H-pyrrole nitrogens is 1. The van der Waals surface area contributed by atoms with Crippen LogP contribution < -0.4 is 0 Å². The van der Waals surface area contributed by atoms with Crippen LogP contribution in [0.2, 0.25) is 0 Å². The zero-order valence-corrected chi connectivity index (χ0v) is 10.4. The molecule has 1 aliphatic heterocycles. The molecule has 0 radical (unpaired) electrons. The Morgan fingerprint density at radius 3 is 2.83 bits per heavy atom. The summed E-state index contributed by atoms with van der Waals surface area (Å²) < 4.78 is 0. The first kappa shape index (κ1) is 11.3. The summed E-state index contributed by atoms with van der Waals surface area (Å²) in [6, 6.07) is 8.21. The maximum atomic E-state index is 5.35. The van der Waals surface area contributed by atoms with Crippen LogP contribution in [0.1, 0.15) is 24.6 Å². The number of likely N-dealkylation sites (tertiary alicyclic amines) is 1. The molecule has 0 aliphatic carbocycles. The summed E-state index contributed by atoms with van der Waals surface area (Å²) in [5.41, 5.74) is 2.21.